The molecular formula is C19H22N2O2. The Morgan fingerprint density at radius 1 is 1.17 bits per heavy atom. The smallest absolute Gasteiger partial charge is 0.163 e. The molecule has 0 unspecified atom stereocenters. The molecule has 1 aliphatic rings. The number of benzene rings is 2. The lowest BCUT2D eigenvalue weighted by Crippen LogP contribution is -2.29. The zero-order valence-corrected chi connectivity index (χ0v) is 13.4. The summed E-state index contributed by atoms with van der Waals surface area (Å²) in [6.45, 7) is 4.91. The molecule has 4 heteroatoms. The fraction of sp³-hybridized carbons (Fsp3) is 0.316. The van der Waals surface area contributed by atoms with Crippen molar-refractivity contribution in [2.75, 3.05) is 36.5 Å². The minimum absolute atomic E-state index is 0.0323. The molecule has 1 aliphatic heterocycles. The molecule has 0 spiro atoms. The molecule has 3 rings (SSSR count). The summed E-state index contributed by atoms with van der Waals surface area (Å²) in [5.41, 5.74) is 3.04. The quantitative estimate of drug-likeness (QED) is 0.857. The van der Waals surface area contributed by atoms with Crippen molar-refractivity contribution in [3.63, 3.8) is 0 Å². The Labute approximate surface area is 137 Å². The molecule has 120 valence electrons. The summed E-state index contributed by atoms with van der Waals surface area (Å²) < 4.78 is 5.87. The number of para-hydroxylation sites is 3. The number of nitrogens with one attached hydrogen (secondary N) is 1. The second-order valence-corrected chi connectivity index (χ2v) is 5.69. The van der Waals surface area contributed by atoms with Crippen molar-refractivity contribution < 1.29 is 9.53 Å². The maximum absolute atomic E-state index is 11.6. The fourth-order valence-corrected chi connectivity index (χ4v) is 2.89. The van der Waals surface area contributed by atoms with Gasteiger partial charge in [0.25, 0.3) is 0 Å². The first-order valence-corrected chi connectivity index (χ1v) is 8.06. The van der Waals surface area contributed by atoms with E-state index in [0.717, 1.165) is 26.1 Å². The van der Waals surface area contributed by atoms with Crippen molar-refractivity contribution >= 4 is 17.2 Å². The number of nitrogens with zero attached hydrogens (tertiary/aromatic N) is 1. The first-order chi connectivity index (χ1) is 11.3. The van der Waals surface area contributed by atoms with Crippen molar-refractivity contribution in [3.05, 3.63) is 54.1 Å². The molecule has 0 saturated carbocycles. The standard InChI is InChI=1S/C19H22N2O2/c1-15(22)16-7-2-5-10-19(16)23-14-13-21-12-6-11-20-17-8-3-4-9-18(17)21/h2-5,7-10,20H,6,11-14H2,1H3. The summed E-state index contributed by atoms with van der Waals surface area (Å²) in [5, 5.41) is 3.46. The zero-order valence-electron chi connectivity index (χ0n) is 13.4. The molecule has 0 radical (unpaired) electrons. The molecule has 2 aromatic rings. The molecule has 2 aromatic carbocycles. The van der Waals surface area contributed by atoms with E-state index in [2.05, 4.69) is 34.5 Å². The van der Waals surface area contributed by atoms with E-state index < -0.39 is 0 Å². The molecule has 0 amide bonds. The van der Waals surface area contributed by atoms with Crippen LogP contribution < -0.4 is 15.0 Å². The fourth-order valence-electron chi connectivity index (χ4n) is 2.89. The van der Waals surface area contributed by atoms with Crippen LogP contribution in [0.4, 0.5) is 11.4 Å². The number of fused-ring (bicyclic) bond motifs is 1. The first-order valence-electron chi connectivity index (χ1n) is 8.06. The van der Waals surface area contributed by atoms with Crippen LogP contribution in [0, 0.1) is 0 Å². The van der Waals surface area contributed by atoms with Gasteiger partial charge in [-0.15, -0.1) is 0 Å². The summed E-state index contributed by atoms with van der Waals surface area (Å²) in [7, 11) is 0. The number of carbonyl (C=O) groups excluding carboxylic acids is 1. The van der Waals surface area contributed by atoms with Crippen LogP contribution in [0.1, 0.15) is 23.7 Å². The Hall–Kier alpha value is -2.49. The van der Waals surface area contributed by atoms with Crippen LogP contribution in [-0.4, -0.2) is 32.0 Å². The maximum Gasteiger partial charge on any atom is 0.163 e. The summed E-state index contributed by atoms with van der Waals surface area (Å²) in [5.74, 6) is 0.700. The first kappa shape index (κ1) is 15.4. The van der Waals surface area contributed by atoms with Gasteiger partial charge in [0.15, 0.2) is 5.78 Å². The van der Waals surface area contributed by atoms with Gasteiger partial charge in [-0.3, -0.25) is 4.79 Å². The lowest BCUT2D eigenvalue weighted by molar-refractivity contribution is 0.101. The predicted molar refractivity (Wildman–Crippen MR) is 93.7 cm³/mol. The highest BCUT2D eigenvalue weighted by Crippen LogP contribution is 2.27. The Morgan fingerprint density at radius 2 is 1.96 bits per heavy atom. The molecule has 0 aromatic heterocycles. The van der Waals surface area contributed by atoms with Crippen LogP contribution in [-0.2, 0) is 0 Å². The number of hydrogen-bond acceptors (Lipinski definition) is 4. The van der Waals surface area contributed by atoms with E-state index in [-0.39, 0.29) is 5.78 Å². The molecule has 4 nitrogen and oxygen atoms in total. The molecule has 0 saturated heterocycles. The van der Waals surface area contributed by atoms with Crippen LogP contribution in [0.3, 0.4) is 0 Å². The van der Waals surface area contributed by atoms with Crippen molar-refractivity contribution in [1.29, 1.82) is 0 Å². The van der Waals surface area contributed by atoms with Gasteiger partial charge >= 0.3 is 0 Å². The van der Waals surface area contributed by atoms with Gasteiger partial charge in [0, 0.05) is 13.1 Å². The van der Waals surface area contributed by atoms with Crippen LogP contribution in [0.15, 0.2) is 48.5 Å². The van der Waals surface area contributed by atoms with E-state index in [1.807, 2.05) is 24.3 Å². The van der Waals surface area contributed by atoms with Gasteiger partial charge in [0.05, 0.1) is 23.5 Å². The average molecular weight is 310 g/mol. The van der Waals surface area contributed by atoms with Gasteiger partial charge in [0.2, 0.25) is 0 Å². The average Bonchev–Trinajstić information content (AvgIpc) is 2.78. The second-order valence-electron chi connectivity index (χ2n) is 5.69. The normalized spacial score (nSPS) is 13.7. The molecule has 0 atom stereocenters. The van der Waals surface area contributed by atoms with Crippen molar-refractivity contribution in [2.45, 2.75) is 13.3 Å². The molecule has 0 aliphatic carbocycles. The monoisotopic (exact) mass is 310 g/mol. The molecule has 0 bridgehead atoms. The molecule has 1 N–H and O–H groups in total. The van der Waals surface area contributed by atoms with Gasteiger partial charge in [-0.05, 0) is 37.6 Å². The third kappa shape index (κ3) is 3.65. The SMILES string of the molecule is CC(=O)c1ccccc1OCCN1CCCNc2ccccc21. The largest absolute Gasteiger partial charge is 0.491 e. The molecular weight excluding hydrogens is 288 g/mol. The van der Waals surface area contributed by atoms with Crippen molar-refractivity contribution in [2.24, 2.45) is 0 Å². The topological polar surface area (TPSA) is 41.6 Å². The zero-order chi connectivity index (χ0) is 16.1. The highest BCUT2D eigenvalue weighted by molar-refractivity contribution is 5.96. The summed E-state index contributed by atoms with van der Waals surface area (Å²) in [6, 6.07) is 15.8. The van der Waals surface area contributed by atoms with Gasteiger partial charge in [-0.25, -0.2) is 0 Å². The van der Waals surface area contributed by atoms with Crippen LogP contribution >= 0.6 is 0 Å². The van der Waals surface area contributed by atoms with Gasteiger partial charge < -0.3 is 15.0 Å². The number of hydrogen-bond donors (Lipinski definition) is 1. The number of ether oxygens (including phenoxy) is 1. The van der Waals surface area contributed by atoms with Crippen molar-refractivity contribution in [1.82, 2.24) is 0 Å². The Bertz CT molecular complexity index is 685. The Balaban J connectivity index is 1.66. The number of Topliss-reactive ketones (excluding diaryl/α,β-unsaturated/α-hetero) is 1. The number of anilines is 2. The maximum atomic E-state index is 11.6. The van der Waals surface area contributed by atoms with Crippen LogP contribution in [0.5, 0.6) is 5.75 Å². The van der Waals surface area contributed by atoms with Crippen LogP contribution in [0.25, 0.3) is 0 Å². The Morgan fingerprint density at radius 3 is 2.83 bits per heavy atom. The highest BCUT2D eigenvalue weighted by atomic mass is 16.5. The third-order valence-electron chi connectivity index (χ3n) is 4.05. The van der Waals surface area contributed by atoms with E-state index in [1.54, 1.807) is 6.92 Å². The molecule has 1 heterocycles. The predicted octanol–water partition coefficient (Wildman–Crippen LogP) is 3.59. The van der Waals surface area contributed by atoms with Gasteiger partial charge in [-0.1, -0.05) is 24.3 Å². The summed E-state index contributed by atoms with van der Waals surface area (Å²) in [4.78, 5) is 14.0. The van der Waals surface area contributed by atoms with Crippen LogP contribution in [0.2, 0.25) is 0 Å². The number of rotatable bonds is 5. The van der Waals surface area contributed by atoms with E-state index >= 15 is 0 Å². The molecule has 0 fully saturated rings. The third-order valence-corrected chi connectivity index (χ3v) is 4.05. The minimum Gasteiger partial charge on any atom is -0.491 e. The summed E-state index contributed by atoms with van der Waals surface area (Å²) >= 11 is 0. The van der Waals surface area contributed by atoms with Crippen molar-refractivity contribution in [3.8, 4) is 5.75 Å². The number of carbonyl (C=O) groups is 1. The number of ketones is 1. The second kappa shape index (κ2) is 7.18. The van der Waals surface area contributed by atoms with E-state index in [4.69, 9.17) is 4.74 Å². The minimum atomic E-state index is 0.0323. The van der Waals surface area contributed by atoms with E-state index in [1.165, 1.54) is 11.4 Å². The Kier molecular flexibility index (Phi) is 4.81. The highest BCUT2D eigenvalue weighted by Gasteiger charge is 2.14. The van der Waals surface area contributed by atoms with E-state index in [0.29, 0.717) is 17.9 Å². The summed E-state index contributed by atoms with van der Waals surface area (Å²) in [6.07, 6.45) is 1.10. The van der Waals surface area contributed by atoms with Gasteiger partial charge in [-0.2, -0.15) is 0 Å². The molecule has 23 heavy (non-hydrogen) atoms. The lowest BCUT2D eigenvalue weighted by Gasteiger charge is -2.24. The lowest BCUT2D eigenvalue weighted by atomic mass is 10.1. The van der Waals surface area contributed by atoms with Gasteiger partial charge in [0.1, 0.15) is 12.4 Å². The van der Waals surface area contributed by atoms with E-state index in [9.17, 15) is 4.79 Å².